The third-order valence-corrected chi connectivity index (χ3v) is 5.20. The highest BCUT2D eigenvalue weighted by molar-refractivity contribution is 5.82. The van der Waals surface area contributed by atoms with Crippen LogP contribution >= 0.6 is 0 Å². The summed E-state index contributed by atoms with van der Waals surface area (Å²) in [6.45, 7) is 0. The van der Waals surface area contributed by atoms with E-state index in [1.165, 1.54) is 38.5 Å². The molecule has 2 fully saturated rings. The summed E-state index contributed by atoms with van der Waals surface area (Å²) >= 11 is 0. The van der Waals surface area contributed by atoms with Gasteiger partial charge in [0.25, 0.3) is 0 Å². The van der Waals surface area contributed by atoms with E-state index in [1.807, 2.05) is 0 Å². The number of nitrogens with two attached hydrogens (primary N) is 2. The van der Waals surface area contributed by atoms with Crippen LogP contribution in [0.2, 0.25) is 0 Å². The van der Waals surface area contributed by atoms with Gasteiger partial charge in [-0.2, -0.15) is 0 Å². The van der Waals surface area contributed by atoms with Crippen molar-refractivity contribution in [3.05, 3.63) is 0 Å². The van der Waals surface area contributed by atoms with Gasteiger partial charge in [-0.05, 0) is 25.7 Å². The van der Waals surface area contributed by atoms with E-state index in [9.17, 15) is 4.79 Å². The van der Waals surface area contributed by atoms with Crippen molar-refractivity contribution < 1.29 is 4.79 Å². The lowest BCUT2D eigenvalue weighted by molar-refractivity contribution is -0.128. The molecule has 2 rings (SSSR count). The molecule has 1 unspecified atom stereocenters. The van der Waals surface area contributed by atoms with Crippen LogP contribution in [0.25, 0.3) is 0 Å². The van der Waals surface area contributed by atoms with E-state index in [2.05, 4.69) is 0 Å². The van der Waals surface area contributed by atoms with Gasteiger partial charge >= 0.3 is 0 Å². The van der Waals surface area contributed by atoms with Crippen molar-refractivity contribution in [2.45, 2.75) is 76.8 Å². The molecule has 3 heteroatoms. The molecule has 0 amide bonds. The highest BCUT2D eigenvalue weighted by Crippen LogP contribution is 2.46. The van der Waals surface area contributed by atoms with Gasteiger partial charge < -0.3 is 11.5 Å². The van der Waals surface area contributed by atoms with Gasteiger partial charge in [0.15, 0.2) is 0 Å². The normalized spacial score (nSPS) is 29.9. The number of hydrogen-bond donors (Lipinski definition) is 2. The lowest BCUT2D eigenvalue weighted by Crippen LogP contribution is -2.54. The molecule has 0 aromatic carbocycles. The Labute approximate surface area is 111 Å². The van der Waals surface area contributed by atoms with Crippen molar-refractivity contribution in [1.29, 1.82) is 0 Å². The van der Waals surface area contributed by atoms with Gasteiger partial charge in [0.2, 0.25) is 0 Å². The maximum Gasteiger partial charge on any atom is 0.136 e. The first-order chi connectivity index (χ1) is 8.67. The monoisotopic (exact) mass is 252 g/mol. The minimum absolute atomic E-state index is 0.0993. The van der Waals surface area contributed by atoms with Gasteiger partial charge in [-0.1, -0.05) is 38.5 Å². The molecule has 0 heterocycles. The highest BCUT2D eigenvalue weighted by atomic mass is 16.1. The zero-order chi connectivity index (χ0) is 13.0. The van der Waals surface area contributed by atoms with Crippen molar-refractivity contribution in [3.63, 3.8) is 0 Å². The number of carbonyl (C=O) groups is 1. The largest absolute Gasteiger partial charge is 0.316 e. The van der Waals surface area contributed by atoms with Crippen LogP contribution in [0.4, 0.5) is 0 Å². The first-order valence-electron chi connectivity index (χ1n) is 7.71. The Morgan fingerprint density at radius 2 is 1.56 bits per heavy atom. The van der Waals surface area contributed by atoms with Crippen LogP contribution in [-0.2, 0) is 4.79 Å². The fourth-order valence-electron chi connectivity index (χ4n) is 4.07. The summed E-state index contributed by atoms with van der Waals surface area (Å²) in [5.74, 6) is 0.577. The second kappa shape index (κ2) is 6.16. The van der Waals surface area contributed by atoms with Gasteiger partial charge in [-0.15, -0.1) is 0 Å². The molecule has 2 aliphatic rings. The van der Waals surface area contributed by atoms with Gasteiger partial charge in [0.1, 0.15) is 5.78 Å². The molecule has 2 saturated carbocycles. The van der Waals surface area contributed by atoms with Crippen LogP contribution in [0.5, 0.6) is 0 Å². The first kappa shape index (κ1) is 14.0. The van der Waals surface area contributed by atoms with Crippen molar-refractivity contribution in [2.75, 3.05) is 0 Å². The molecule has 1 atom stereocenters. The quantitative estimate of drug-likeness (QED) is 0.586. The van der Waals surface area contributed by atoms with Crippen molar-refractivity contribution in [3.8, 4) is 0 Å². The van der Waals surface area contributed by atoms with E-state index in [1.54, 1.807) is 0 Å². The predicted molar refractivity (Wildman–Crippen MR) is 73.9 cm³/mol. The first-order valence-corrected chi connectivity index (χ1v) is 7.71. The Morgan fingerprint density at radius 3 is 2.17 bits per heavy atom. The summed E-state index contributed by atoms with van der Waals surface area (Å²) in [4.78, 5) is 12.4. The van der Waals surface area contributed by atoms with Crippen LogP contribution in [0.3, 0.4) is 0 Å². The molecule has 2 aliphatic carbocycles. The molecule has 0 aromatic rings. The fourth-order valence-corrected chi connectivity index (χ4v) is 4.07. The maximum atomic E-state index is 12.4. The molecule has 104 valence electrons. The second-order valence-electron chi connectivity index (χ2n) is 6.29. The zero-order valence-electron chi connectivity index (χ0n) is 11.5. The Bertz CT molecular complexity index is 280. The molecule has 0 radical (unpaired) electrons. The van der Waals surface area contributed by atoms with Crippen LogP contribution in [0.15, 0.2) is 0 Å². The molecule has 0 aromatic heterocycles. The Hall–Kier alpha value is -0.410. The number of Topliss-reactive ketones (excluding diaryl/α,β-unsaturated/α-hetero) is 1. The van der Waals surface area contributed by atoms with Gasteiger partial charge in [-0.25, -0.2) is 0 Å². The second-order valence-corrected chi connectivity index (χ2v) is 6.29. The Kier molecular flexibility index (Phi) is 4.79. The summed E-state index contributed by atoms with van der Waals surface area (Å²) < 4.78 is 0. The summed E-state index contributed by atoms with van der Waals surface area (Å²) in [5.41, 5.74) is 12.2. The molecular weight excluding hydrogens is 224 g/mol. The molecule has 3 nitrogen and oxygen atoms in total. The minimum atomic E-state index is -0.331. The van der Waals surface area contributed by atoms with E-state index in [0.29, 0.717) is 5.78 Å². The smallest absolute Gasteiger partial charge is 0.136 e. The van der Waals surface area contributed by atoms with Crippen LogP contribution in [0, 0.1) is 11.3 Å². The van der Waals surface area contributed by atoms with Crippen molar-refractivity contribution >= 4 is 5.78 Å². The SMILES string of the molecule is NC(N)C1(C2CCCCCC2=O)CCCCCC1. The zero-order valence-corrected chi connectivity index (χ0v) is 11.5. The average molecular weight is 252 g/mol. The van der Waals surface area contributed by atoms with E-state index in [0.717, 1.165) is 32.1 Å². The Morgan fingerprint density at radius 1 is 0.944 bits per heavy atom. The fraction of sp³-hybridized carbons (Fsp3) is 0.933. The number of hydrogen-bond acceptors (Lipinski definition) is 3. The van der Waals surface area contributed by atoms with Crippen LogP contribution < -0.4 is 11.5 Å². The summed E-state index contributed by atoms with van der Waals surface area (Å²) in [6.07, 6.45) is 11.9. The molecular formula is C15H28N2O. The average Bonchev–Trinajstić information content (AvgIpc) is 2.69. The Balaban J connectivity index is 2.23. The lowest BCUT2D eigenvalue weighted by Gasteiger charge is -2.42. The van der Waals surface area contributed by atoms with E-state index >= 15 is 0 Å². The van der Waals surface area contributed by atoms with E-state index in [4.69, 9.17) is 11.5 Å². The maximum absolute atomic E-state index is 12.4. The summed E-state index contributed by atoms with van der Waals surface area (Å²) in [7, 11) is 0. The molecule has 0 bridgehead atoms. The number of rotatable bonds is 2. The summed E-state index contributed by atoms with van der Waals surface area (Å²) in [5, 5.41) is 0. The van der Waals surface area contributed by atoms with Gasteiger partial charge in [0, 0.05) is 17.8 Å². The molecule has 0 saturated heterocycles. The molecule has 0 spiro atoms. The van der Waals surface area contributed by atoms with Crippen LogP contribution in [0.1, 0.15) is 70.6 Å². The van der Waals surface area contributed by atoms with Crippen molar-refractivity contribution in [2.24, 2.45) is 22.8 Å². The van der Waals surface area contributed by atoms with Crippen LogP contribution in [-0.4, -0.2) is 11.9 Å². The lowest BCUT2D eigenvalue weighted by atomic mass is 9.65. The highest BCUT2D eigenvalue weighted by Gasteiger charge is 2.45. The molecule has 4 N–H and O–H groups in total. The third-order valence-electron chi connectivity index (χ3n) is 5.20. The summed E-state index contributed by atoms with van der Waals surface area (Å²) in [6, 6.07) is 0. The van der Waals surface area contributed by atoms with E-state index < -0.39 is 0 Å². The third kappa shape index (κ3) is 2.77. The van der Waals surface area contributed by atoms with Gasteiger partial charge in [0.05, 0.1) is 6.17 Å². The minimum Gasteiger partial charge on any atom is -0.316 e. The molecule has 18 heavy (non-hydrogen) atoms. The predicted octanol–water partition coefficient (Wildman–Crippen LogP) is 2.72. The van der Waals surface area contributed by atoms with E-state index in [-0.39, 0.29) is 17.5 Å². The van der Waals surface area contributed by atoms with Gasteiger partial charge in [-0.3, -0.25) is 4.79 Å². The topological polar surface area (TPSA) is 69.1 Å². The number of carbonyl (C=O) groups excluding carboxylic acids is 1. The number of ketones is 1. The standard InChI is InChI=1S/C15H28N2O/c16-14(17)15(10-6-1-2-7-11-15)12-8-4-3-5-9-13(12)18/h12,14H,1-11,16-17H2. The van der Waals surface area contributed by atoms with Crippen molar-refractivity contribution in [1.82, 2.24) is 0 Å². The molecule has 0 aliphatic heterocycles.